The minimum atomic E-state index is -3.52. The standard InChI is InChI=1S/C19H20ClN3O4S3/c20-12-3-4-15-14(10-12)21-19(25)16(29-15)11-17(24)23-7-5-13(6-8-23)22-30(26,27)18-2-1-9-28-18/h1-4,9-10,13,16,22H,5-8,11H2,(H,21,25). The fraction of sp³-hybridized carbons (Fsp3) is 0.368. The van der Waals surface area contributed by atoms with Crippen molar-refractivity contribution in [3.63, 3.8) is 0 Å². The summed E-state index contributed by atoms with van der Waals surface area (Å²) in [6, 6.07) is 8.36. The van der Waals surface area contributed by atoms with Gasteiger partial charge in [-0.1, -0.05) is 17.7 Å². The second kappa shape index (κ2) is 8.88. The first-order valence-corrected chi connectivity index (χ1v) is 13.0. The molecular formula is C19H20ClN3O4S3. The molecule has 2 aromatic rings. The monoisotopic (exact) mass is 485 g/mol. The molecular weight excluding hydrogens is 466 g/mol. The van der Waals surface area contributed by atoms with Crippen molar-refractivity contribution in [2.24, 2.45) is 0 Å². The van der Waals surface area contributed by atoms with Crippen LogP contribution < -0.4 is 10.0 Å². The maximum atomic E-state index is 12.7. The number of piperidine rings is 1. The molecule has 4 rings (SSSR count). The quantitative estimate of drug-likeness (QED) is 0.678. The van der Waals surface area contributed by atoms with Crippen LogP contribution in [0.25, 0.3) is 0 Å². The van der Waals surface area contributed by atoms with Gasteiger partial charge in [-0.05, 0) is 42.5 Å². The Kier molecular flexibility index (Phi) is 6.40. The van der Waals surface area contributed by atoms with Crippen LogP contribution in [0, 0.1) is 0 Å². The van der Waals surface area contributed by atoms with Gasteiger partial charge in [-0.25, -0.2) is 13.1 Å². The van der Waals surface area contributed by atoms with E-state index >= 15 is 0 Å². The van der Waals surface area contributed by atoms with Crippen LogP contribution in [0.2, 0.25) is 5.02 Å². The van der Waals surface area contributed by atoms with Gasteiger partial charge in [0.2, 0.25) is 21.8 Å². The fourth-order valence-electron chi connectivity index (χ4n) is 3.49. The van der Waals surface area contributed by atoms with E-state index in [0.717, 1.165) is 4.90 Å². The number of benzene rings is 1. The van der Waals surface area contributed by atoms with Crippen molar-refractivity contribution in [1.29, 1.82) is 0 Å². The minimum Gasteiger partial charge on any atom is -0.343 e. The maximum Gasteiger partial charge on any atom is 0.250 e. The van der Waals surface area contributed by atoms with Gasteiger partial charge in [-0.2, -0.15) is 0 Å². The van der Waals surface area contributed by atoms with E-state index in [0.29, 0.717) is 40.9 Å². The molecule has 0 saturated carbocycles. The summed E-state index contributed by atoms with van der Waals surface area (Å²) in [4.78, 5) is 27.7. The Labute approximate surface area is 188 Å². The smallest absolute Gasteiger partial charge is 0.250 e. The molecule has 3 heterocycles. The number of nitrogens with one attached hydrogen (secondary N) is 2. The fourth-order valence-corrected chi connectivity index (χ4v) is 7.05. The van der Waals surface area contributed by atoms with E-state index in [-0.39, 0.29) is 24.3 Å². The van der Waals surface area contributed by atoms with E-state index in [4.69, 9.17) is 11.6 Å². The van der Waals surface area contributed by atoms with Crippen LogP contribution >= 0.6 is 34.7 Å². The number of carbonyl (C=O) groups excluding carboxylic acids is 2. The van der Waals surface area contributed by atoms with Gasteiger partial charge in [0, 0.05) is 35.5 Å². The summed E-state index contributed by atoms with van der Waals surface area (Å²) in [6.45, 7) is 0.920. The van der Waals surface area contributed by atoms with Crippen molar-refractivity contribution in [1.82, 2.24) is 9.62 Å². The molecule has 30 heavy (non-hydrogen) atoms. The van der Waals surface area contributed by atoms with E-state index in [1.807, 2.05) is 6.07 Å². The topological polar surface area (TPSA) is 95.6 Å². The molecule has 2 N–H and O–H groups in total. The molecule has 2 aliphatic heterocycles. The number of nitrogens with zero attached hydrogens (tertiary/aromatic N) is 1. The predicted octanol–water partition coefficient (Wildman–Crippen LogP) is 3.17. The Morgan fingerprint density at radius 2 is 2.03 bits per heavy atom. The number of thioether (sulfide) groups is 1. The van der Waals surface area contributed by atoms with Crippen LogP contribution in [0.1, 0.15) is 19.3 Å². The predicted molar refractivity (Wildman–Crippen MR) is 119 cm³/mol. The van der Waals surface area contributed by atoms with Crippen LogP contribution in [-0.2, 0) is 19.6 Å². The van der Waals surface area contributed by atoms with Gasteiger partial charge in [-0.15, -0.1) is 23.1 Å². The van der Waals surface area contributed by atoms with E-state index in [1.54, 1.807) is 34.5 Å². The number of carbonyl (C=O) groups is 2. The van der Waals surface area contributed by atoms with Crippen molar-refractivity contribution < 1.29 is 18.0 Å². The molecule has 1 fully saturated rings. The van der Waals surface area contributed by atoms with E-state index in [9.17, 15) is 18.0 Å². The molecule has 0 spiro atoms. The molecule has 0 aliphatic carbocycles. The van der Waals surface area contributed by atoms with Gasteiger partial charge in [-0.3, -0.25) is 9.59 Å². The lowest BCUT2D eigenvalue weighted by molar-refractivity contribution is -0.133. The zero-order valence-corrected chi connectivity index (χ0v) is 19.0. The lowest BCUT2D eigenvalue weighted by Crippen LogP contribution is -2.47. The molecule has 1 aromatic carbocycles. The lowest BCUT2D eigenvalue weighted by atomic mass is 10.1. The Morgan fingerprint density at radius 1 is 1.27 bits per heavy atom. The summed E-state index contributed by atoms with van der Waals surface area (Å²) >= 11 is 8.51. The summed E-state index contributed by atoms with van der Waals surface area (Å²) in [5, 5.41) is 4.58. The number of amides is 2. The molecule has 1 atom stereocenters. The maximum absolute atomic E-state index is 12.7. The highest BCUT2D eigenvalue weighted by atomic mass is 35.5. The highest BCUT2D eigenvalue weighted by Crippen LogP contribution is 2.38. The normalized spacial score (nSPS) is 20.0. The number of rotatable bonds is 5. The van der Waals surface area contributed by atoms with Gasteiger partial charge >= 0.3 is 0 Å². The SMILES string of the molecule is O=C1Nc2cc(Cl)ccc2SC1CC(=O)N1CCC(NS(=O)(=O)c2cccs2)CC1. The van der Waals surface area contributed by atoms with Gasteiger partial charge in [0.05, 0.1) is 10.9 Å². The Morgan fingerprint density at radius 3 is 2.73 bits per heavy atom. The van der Waals surface area contributed by atoms with Gasteiger partial charge in [0.1, 0.15) is 4.21 Å². The summed E-state index contributed by atoms with van der Waals surface area (Å²) in [5.41, 5.74) is 0.667. The number of halogens is 1. The average molecular weight is 486 g/mol. The van der Waals surface area contributed by atoms with Crippen molar-refractivity contribution in [3.05, 3.63) is 40.7 Å². The molecule has 0 bridgehead atoms. The van der Waals surface area contributed by atoms with Crippen molar-refractivity contribution in [3.8, 4) is 0 Å². The number of hydrogen-bond donors (Lipinski definition) is 2. The molecule has 1 saturated heterocycles. The van der Waals surface area contributed by atoms with Crippen molar-refractivity contribution in [2.75, 3.05) is 18.4 Å². The second-order valence-electron chi connectivity index (χ2n) is 7.15. The Balaban J connectivity index is 1.30. The van der Waals surface area contributed by atoms with Gasteiger partial charge in [0.15, 0.2) is 0 Å². The highest BCUT2D eigenvalue weighted by molar-refractivity contribution is 8.01. The third-order valence-corrected chi connectivity index (χ3v) is 9.48. The molecule has 11 heteroatoms. The van der Waals surface area contributed by atoms with E-state index in [1.165, 1.54) is 23.1 Å². The molecule has 1 unspecified atom stereocenters. The molecule has 7 nitrogen and oxygen atoms in total. The summed E-state index contributed by atoms with van der Waals surface area (Å²) in [6.07, 6.45) is 1.19. The first-order valence-electron chi connectivity index (χ1n) is 9.42. The Bertz CT molecular complexity index is 1050. The molecule has 2 amide bonds. The molecule has 160 valence electrons. The van der Waals surface area contributed by atoms with Crippen LogP contribution in [0.15, 0.2) is 44.8 Å². The molecule has 0 radical (unpaired) electrons. The lowest BCUT2D eigenvalue weighted by Gasteiger charge is -2.33. The van der Waals surface area contributed by atoms with Crippen LogP contribution in [0.5, 0.6) is 0 Å². The van der Waals surface area contributed by atoms with Crippen molar-refractivity contribution >= 4 is 62.2 Å². The number of fused-ring (bicyclic) bond motifs is 1. The van der Waals surface area contributed by atoms with E-state index < -0.39 is 15.3 Å². The minimum absolute atomic E-state index is 0.0976. The molecule has 1 aromatic heterocycles. The largest absolute Gasteiger partial charge is 0.343 e. The number of anilines is 1. The number of sulfonamides is 1. The van der Waals surface area contributed by atoms with E-state index in [2.05, 4.69) is 10.0 Å². The van der Waals surface area contributed by atoms with Crippen LogP contribution in [-0.4, -0.2) is 49.5 Å². The Hall–Kier alpha value is -1.59. The highest BCUT2D eigenvalue weighted by Gasteiger charge is 2.32. The first-order chi connectivity index (χ1) is 14.3. The number of hydrogen-bond acceptors (Lipinski definition) is 6. The third kappa shape index (κ3) is 4.83. The van der Waals surface area contributed by atoms with Crippen LogP contribution in [0.3, 0.4) is 0 Å². The number of likely N-dealkylation sites (tertiary alicyclic amines) is 1. The number of thiophene rings is 1. The summed E-state index contributed by atoms with van der Waals surface area (Å²) < 4.78 is 27.7. The molecule has 2 aliphatic rings. The first kappa shape index (κ1) is 21.6. The van der Waals surface area contributed by atoms with Gasteiger partial charge in [0.25, 0.3) is 0 Å². The van der Waals surface area contributed by atoms with Crippen molar-refractivity contribution in [2.45, 2.75) is 39.7 Å². The van der Waals surface area contributed by atoms with Gasteiger partial charge < -0.3 is 10.2 Å². The average Bonchev–Trinajstić information content (AvgIpc) is 3.25. The zero-order chi connectivity index (χ0) is 21.3. The summed E-state index contributed by atoms with van der Waals surface area (Å²) in [7, 11) is -3.52. The third-order valence-electron chi connectivity index (χ3n) is 5.05. The zero-order valence-electron chi connectivity index (χ0n) is 15.8. The van der Waals surface area contributed by atoms with Crippen LogP contribution in [0.4, 0.5) is 5.69 Å². The second-order valence-corrected chi connectivity index (χ2v) is 11.7. The summed E-state index contributed by atoms with van der Waals surface area (Å²) in [5.74, 6) is -0.304.